The second-order valence-electron chi connectivity index (χ2n) is 7.63. The number of benzene rings is 1. The van der Waals surface area contributed by atoms with Crippen molar-refractivity contribution in [2.75, 3.05) is 26.2 Å². The molecule has 124 valence electrons. The number of aromatic amines is 1. The number of rotatable bonds is 2. The third-order valence-electron chi connectivity index (χ3n) is 6.32. The Labute approximate surface area is 138 Å². The summed E-state index contributed by atoms with van der Waals surface area (Å²) in [7, 11) is 0. The first-order valence-corrected chi connectivity index (χ1v) is 9.17. The van der Waals surface area contributed by atoms with E-state index in [0.29, 0.717) is 5.41 Å². The van der Waals surface area contributed by atoms with Crippen LogP contribution in [0.4, 0.5) is 0 Å². The molecule has 1 unspecified atom stereocenters. The molecule has 3 heterocycles. The highest BCUT2D eigenvalue weighted by molar-refractivity contribution is 5.85. The van der Waals surface area contributed by atoms with Gasteiger partial charge >= 0.3 is 0 Å². The normalized spacial score (nSPS) is 31.2. The Hall–Kier alpha value is -1.32. The van der Waals surface area contributed by atoms with Crippen LogP contribution in [0.25, 0.3) is 10.9 Å². The molecular weight excluding hydrogens is 284 g/mol. The molecule has 3 nitrogen and oxygen atoms in total. The van der Waals surface area contributed by atoms with Crippen molar-refractivity contribution in [3.63, 3.8) is 0 Å². The Morgan fingerprint density at radius 1 is 1.30 bits per heavy atom. The number of aliphatic hydroxyl groups excluding tert-OH is 1. The molecule has 1 saturated heterocycles. The largest absolute Gasteiger partial charge is 0.396 e. The summed E-state index contributed by atoms with van der Waals surface area (Å²) in [6, 6.07) is 8.62. The Morgan fingerprint density at radius 3 is 3.00 bits per heavy atom. The molecule has 0 aliphatic carbocycles. The lowest BCUT2D eigenvalue weighted by Crippen LogP contribution is -2.44. The Bertz CT molecular complexity index is 692. The molecule has 2 aliphatic rings. The molecule has 0 radical (unpaired) electrons. The number of nitrogens with zero attached hydrogens (tertiary/aromatic N) is 1. The number of aromatic nitrogens is 1. The van der Waals surface area contributed by atoms with Gasteiger partial charge in [0.1, 0.15) is 0 Å². The van der Waals surface area contributed by atoms with Crippen LogP contribution in [-0.2, 0) is 6.42 Å². The average molecular weight is 312 g/mol. The van der Waals surface area contributed by atoms with Gasteiger partial charge in [-0.2, -0.15) is 0 Å². The first-order chi connectivity index (χ1) is 11.2. The Kier molecular flexibility index (Phi) is 3.94. The van der Waals surface area contributed by atoms with Gasteiger partial charge in [-0.05, 0) is 55.7 Å². The molecule has 3 heteroatoms. The molecule has 2 aromatic rings. The lowest BCUT2D eigenvalue weighted by atomic mass is 9.71. The van der Waals surface area contributed by atoms with Gasteiger partial charge in [0.25, 0.3) is 0 Å². The van der Waals surface area contributed by atoms with Crippen molar-refractivity contribution < 1.29 is 5.11 Å². The Morgan fingerprint density at radius 2 is 2.17 bits per heavy atom. The topological polar surface area (TPSA) is 39.3 Å². The molecule has 2 N–H and O–H groups in total. The smallest absolute Gasteiger partial charge is 0.0514 e. The van der Waals surface area contributed by atoms with E-state index >= 15 is 0 Å². The van der Waals surface area contributed by atoms with Crippen molar-refractivity contribution in [2.45, 2.75) is 44.9 Å². The van der Waals surface area contributed by atoms with Crippen molar-refractivity contribution in [2.24, 2.45) is 5.41 Å². The zero-order chi connectivity index (χ0) is 15.9. The van der Waals surface area contributed by atoms with Gasteiger partial charge in [0.15, 0.2) is 0 Å². The van der Waals surface area contributed by atoms with E-state index in [1.807, 2.05) is 0 Å². The third-order valence-corrected chi connectivity index (χ3v) is 6.32. The van der Waals surface area contributed by atoms with Crippen LogP contribution in [0.1, 0.15) is 49.8 Å². The van der Waals surface area contributed by atoms with Crippen LogP contribution in [0.2, 0.25) is 0 Å². The van der Waals surface area contributed by atoms with Gasteiger partial charge < -0.3 is 15.0 Å². The predicted molar refractivity (Wildman–Crippen MR) is 94.8 cm³/mol. The van der Waals surface area contributed by atoms with Crippen LogP contribution in [0.3, 0.4) is 0 Å². The molecule has 0 saturated carbocycles. The van der Waals surface area contributed by atoms with Gasteiger partial charge in [-0.25, -0.2) is 0 Å². The fourth-order valence-corrected chi connectivity index (χ4v) is 4.99. The van der Waals surface area contributed by atoms with Gasteiger partial charge in [-0.3, -0.25) is 0 Å². The maximum atomic E-state index is 10.1. The predicted octanol–water partition coefficient (Wildman–Crippen LogP) is 3.68. The van der Waals surface area contributed by atoms with Crippen molar-refractivity contribution in [3.05, 3.63) is 35.5 Å². The number of nitrogens with one attached hydrogen (secondary N) is 1. The second kappa shape index (κ2) is 5.95. The van der Waals surface area contributed by atoms with E-state index in [4.69, 9.17) is 0 Å². The molecule has 23 heavy (non-hydrogen) atoms. The average Bonchev–Trinajstić information content (AvgIpc) is 2.97. The zero-order valence-corrected chi connectivity index (χ0v) is 14.1. The van der Waals surface area contributed by atoms with Crippen LogP contribution in [0.15, 0.2) is 24.3 Å². The summed E-state index contributed by atoms with van der Waals surface area (Å²) in [4.78, 5) is 6.32. The monoisotopic (exact) mass is 312 g/mol. The van der Waals surface area contributed by atoms with Crippen molar-refractivity contribution in [3.8, 4) is 0 Å². The molecule has 1 aromatic heterocycles. The molecule has 1 aromatic carbocycles. The number of hydrogen-bond acceptors (Lipinski definition) is 2. The van der Waals surface area contributed by atoms with Gasteiger partial charge in [-0.1, -0.05) is 25.1 Å². The highest BCUT2D eigenvalue weighted by Crippen LogP contribution is 2.44. The second-order valence-corrected chi connectivity index (χ2v) is 7.63. The lowest BCUT2D eigenvalue weighted by molar-refractivity contribution is 0.0651. The summed E-state index contributed by atoms with van der Waals surface area (Å²) in [5.74, 6) is 0.246. The lowest BCUT2D eigenvalue weighted by Gasteiger charge is -2.43. The maximum absolute atomic E-state index is 10.1. The summed E-state index contributed by atoms with van der Waals surface area (Å²) in [5.41, 5.74) is 4.35. The molecule has 1 fully saturated rings. The number of hydrogen-bond donors (Lipinski definition) is 2. The summed E-state index contributed by atoms with van der Waals surface area (Å²) in [6.45, 7) is 6.18. The molecule has 3 atom stereocenters. The number of fused-ring (bicyclic) bond motifs is 5. The number of piperidine rings is 1. The summed E-state index contributed by atoms with van der Waals surface area (Å²) in [6.07, 6.45) is 6.04. The van der Waals surface area contributed by atoms with E-state index in [0.717, 1.165) is 19.4 Å². The standard InChI is InChI=1S/C20H28N2O/c1-2-20-9-5-10-22(14-20)11-8-17-16-6-3-4-7-18(16)21-19(17)15(12-20)13-23/h3-4,6-7,15,21,23H,2,5,8-14H2,1H3/t15-,20-/m0/s1. The number of aliphatic hydroxyl groups is 1. The fraction of sp³-hybridized carbons (Fsp3) is 0.600. The molecule has 0 amide bonds. The van der Waals surface area contributed by atoms with E-state index in [9.17, 15) is 5.11 Å². The molecule has 0 spiro atoms. The Balaban J connectivity index is 1.82. The highest BCUT2D eigenvalue weighted by atomic mass is 16.3. The van der Waals surface area contributed by atoms with E-state index in [1.165, 1.54) is 54.5 Å². The number of H-pyrrole nitrogens is 1. The van der Waals surface area contributed by atoms with Crippen molar-refractivity contribution in [1.82, 2.24) is 9.88 Å². The minimum absolute atomic E-state index is 0.246. The van der Waals surface area contributed by atoms with E-state index < -0.39 is 0 Å². The fourth-order valence-electron chi connectivity index (χ4n) is 4.99. The third kappa shape index (κ3) is 2.60. The van der Waals surface area contributed by atoms with Gasteiger partial charge in [-0.15, -0.1) is 0 Å². The highest BCUT2D eigenvalue weighted by Gasteiger charge is 2.38. The quantitative estimate of drug-likeness (QED) is 0.888. The van der Waals surface area contributed by atoms with Gasteiger partial charge in [0, 0.05) is 35.6 Å². The van der Waals surface area contributed by atoms with Crippen LogP contribution in [-0.4, -0.2) is 41.2 Å². The van der Waals surface area contributed by atoms with Gasteiger partial charge in [0.05, 0.1) is 6.61 Å². The summed E-state index contributed by atoms with van der Waals surface area (Å²) < 4.78 is 0. The van der Waals surface area contributed by atoms with Crippen molar-refractivity contribution >= 4 is 10.9 Å². The van der Waals surface area contributed by atoms with Gasteiger partial charge in [0.2, 0.25) is 0 Å². The van der Waals surface area contributed by atoms with Crippen molar-refractivity contribution in [1.29, 1.82) is 0 Å². The van der Waals surface area contributed by atoms with E-state index in [2.05, 4.69) is 41.1 Å². The van der Waals surface area contributed by atoms with Crippen LogP contribution in [0.5, 0.6) is 0 Å². The minimum Gasteiger partial charge on any atom is -0.396 e. The number of para-hydroxylation sites is 1. The van der Waals surface area contributed by atoms with Crippen LogP contribution >= 0.6 is 0 Å². The molecule has 2 bridgehead atoms. The first kappa shape index (κ1) is 15.2. The SMILES string of the molecule is CC[C@]12CCCN(CCc3c([nH]c4ccccc34)[C@H](CO)C1)C2. The summed E-state index contributed by atoms with van der Waals surface area (Å²) >= 11 is 0. The summed E-state index contributed by atoms with van der Waals surface area (Å²) in [5, 5.41) is 11.5. The van der Waals surface area contributed by atoms with Crippen LogP contribution in [0, 0.1) is 5.41 Å². The van der Waals surface area contributed by atoms with E-state index in [-0.39, 0.29) is 12.5 Å². The van der Waals surface area contributed by atoms with Crippen LogP contribution < -0.4 is 0 Å². The minimum atomic E-state index is 0.246. The first-order valence-electron chi connectivity index (χ1n) is 9.17. The molecular formula is C20H28N2O. The maximum Gasteiger partial charge on any atom is 0.0514 e. The van der Waals surface area contributed by atoms with E-state index in [1.54, 1.807) is 0 Å². The zero-order valence-electron chi connectivity index (χ0n) is 14.1. The molecule has 4 rings (SSSR count). The molecule has 2 aliphatic heterocycles.